The van der Waals surface area contributed by atoms with Gasteiger partial charge < -0.3 is 4.74 Å². The molecule has 0 aliphatic heterocycles. The Bertz CT molecular complexity index is 450. The summed E-state index contributed by atoms with van der Waals surface area (Å²) >= 11 is 0. The van der Waals surface area contributed by atoms with Crippen molar-refractivity contribution < 1.29 is 22.7 Å². The van der Waals surface area contributed by atoms with E-state index in [-0.39, 0.29) is 5.56 Å². The molecule has 0 bridgehead atoms. The molecule has 0 N–H and O–H groups in total. The summed E-state index contributed by atoms with van der Waals surface area (Å²) in [7, 11) is 0. The maximum Gasteiger partial charge on any atom is 0.454 e. The van der Waals surface area contributed by atoms with Crippen LogP contribution in [0, 0.1) is 12.8 Å². The smallest absolute Gasteiger partial charge is 0.454 e. The van der Waals surface area contributed by atoms with Crippen LogP contribution in [0.1, 0.15) is 36.2 Å². The topological polar surface area (TPSA) is 26.3 Å². The van der Waals surface area contributed by atoms with Crippen molar-refractivity contribution in [1.29, 1.82) is 0 Å². The number of rotatable bonds is 5. The number of halogens is 3. The average molecular weight is 274 g/mol. The minimum Gasteiger partial charge on any atom is -0.493 e. The van der Waals surface area contributed by atoms with Crippen molar-refractivity contribution in [2.45, 2.75) is 33.4 Å². The third-order valence-electron chi connectivity index (χ3n) is 2.65. The number of ketones is 1. The Balaban J connectivity index is 2.78. The molecule has 0 saturated heterocycles. The van der Waals surface area contributed by atoms with Gasteiger partial charge in [-0.1, -0.05) is 13.8 Å². The summed E-state index contributed by atoms with van der Waals surface area (Å²) in [6.07, 6.45) is -3.98. The first-order chi connectivity index (χ1) is 8.71. The van der Waals surface area contributed by atoms with E-state index in [2.05, 4.69) is 13.8 Å². The summed E-state index contributed by atoms with van der Waals surface area (Å²) in [6, 6.07) is 3.77. The molecule has 0 aliphatic carbocycles. The van der Waals surface area contributed by atoms with Crippen LogP contribution in [0.4, 0.5) is 13.2 Å². The first kappa shape index (κ1) is 15.5. The van der Waals surface area contributed by atoms with Gasteiger partial charge in [-0.2, -0.15) is 13.2 Å². The highest BCUT2D eigenvalue weighted by Gasteiger charge is 2.39. The van der Waals surface area contributed by atoms with Crippen LogP contribution < -0.4 is 4.74 Å². The third kappa shape index (κ3) is 4.58. The molecule has 0 saturated carbocycles. The standard InChI is InChI=1S/C14H17F3O2/c1-9(2)6-7-19-12-5-4-11(8-10(12)3)13(18)14(15,16)17/h4-5,8-9H,6-7H2,1-3H3. The molecule has 0 heterocycles. The fourth-order valence-electron chi connectivity index (χ4n) is 1.52. The number of benzene rings is 1. The van der Waals surface area contributed by atoms with Gasteiger partial charge in [-0.3, -0.25) is 4.79 Å². The van der Waals surface area contributed by atoms with Gasteiger partial charge in [-0.05, 0) is 43.0 Å². The zero-order chi connectivity index (χ0) is 14.6. The van der Waals surface area contributed by atoms with Crippen molar-refractivity contribution in [3.63, 3.8) is 0 Å². The maximum atomic E-state index is 12.3. The molecule has 0 unspecified atom stereocenters. The van der Waals surface area contributed by atoms with E-state index in [0.717, 1.165) is 12.5 Å². The van der Waals surface area contributed by atoms with Crippen molar-refractivity contribution >= 4 is 5.78 Å². The number of Topliss-reactive ketones (excluding diaryl/α,β-unsaturated/α-hetero) is 1. The van der Waals surface area contributed by atoms with Gasteiger partial charge in [0.15, 0.2) is 0 Å². The summed E-state index contributed by atoms with van der Waals surface area (Å²) in [5, 5.41) is 0. The molecule has 1 aromatic rings. The van der Waals surface area contributed by atoms with Crippen LogP contribution in [0.2, 0.25) is 0 Å². The molecule has 2 nitrogen and oxygen atoms in total. The molecule has 1 rings (SSSR count). The van der Waals surface area contributed by atoms with Crippen molar-refractivity contribution in [3.8, 4) is 5.75 Å². The highest BCUT2D eigenvalue weighted by molar-refractivity contribution is 6.00. The SMILES string of the molecule is Cc1cc(C(=O)C(F)(F)F)ccc1OCCC(C)C. The lowest BCUT2D eigenvalue weighted by atomic mass is 10.1. The van der Waals surface area contributed by atoms with Gasteiger partial charge in [-0.15, -0.1) is 0 Å². The molecule has 0 aromatic heterocycles. The second-order valence-electron chi connectivity index (χ2n) is 4.84. The van der Waals surface area contributed by atoms with E-state index >= 15 is 0 Å². The fourth-order valence-corrected chi connectivity index (χ4v) is 1.52. The van der Waals surface area contributed by atoms with Gasteiger partial charge in [0.1, 0.15) is 5.75 Å². The average Bonchev–Trinajstić information content (AvgIpc) is 2.28. The third-order valence-corrected chi connectivity index (χ3v) is 2.65. The van der Waals surface area contributed by atoms with E-state index in [9.17, 15) is 18.0 Å². The largest absolute Gasteiger partial charge is 0.493 e. The van der Waals surface area contributed by atoms with E-state index in [1.165, 1.54) is 12.1 Å². The van der Waals surface area contributed by atoms with Crippen molar-refractivity contribution in [3.05, 3.63) is 29.3 Å². The molecule has 0 atom stereocenters. The molecule has 106 valence electrons. The Hall–Kier alpha value is -1.52. The summed E-state index contributed by atoms with van der Waals surface area (Å²) in [5.74, 6) is -0.824. The van der Waals surface area contributed by atoms with Crippen LogP contribution >= 0.6 is 0 Å². The second kappa shape index (κ2) is 6.08. The van der Waals surface area contributed by atoms with Gasteiger partial charge in [0.05, 0.1) is 6.61 Å². The lowest BCUT2D eigenvalue weighted by Crippen LogP contribution is -2.22. The van der Waals surface area contributed by atoms with Crippen LogP contribution in [0.15, 0.2) is 18.2 Å². The lowest BCUT2D eigenvalue weighted by molar-refractivity contribution is -0.0885. The molecular weight excluding hydrogens is 257 g/mol. The van der Waals surface area contributed by atoms with E-state index in [1.54, 1.807) is 6.92 Å². The predicted molar refractivity (Wildman–Crippen MR) is 66.5 cm³/mol. The monoisotopic (exact) mass is 274 g/mol. The fraction of sp³-hybridized carbons (Fsp3) is 0.500. The zero-order valence-corrected chi connectivity index (χ0v) is 11.2. The molecule has 5 heteroatoms. The number of ether oxygens (including phenoxy) is 1. The number of carbonyl (C=O) groups is 1. The Morgan fingerprint density at radius 2 is 1.95 bits per heavy atom. The summed E-state index contributed by atoms with van der Waals surface area (Å²) < 4.78 is 42.3. The predicted octanol–water partition coefficient (Wildman–Crippen LogP) is 4.16. The first-order valence-electron chi connectivity index (χ1n) is 6.06. The number of carbonyl (C=O) groups excluding carboxylic acids is 1. The Labute approximate surface area is 110 Å². The summed E-state index contributed by atoms with van der Waals surface area (Å²) in [4.78, 5) is 11.1. The highest BCUT2D eigenvalue weighted by atomic mass is 19.4. The molecule has 19 heavy (non-hydrogen) atoms. The molecule has 0 spiro atoms. The minimum atomic E-state index is -4.84. The number of hydrogen-bond acceptors (Lipinski definition) is 2. The van der Waals surface area contributed by atoms with Crippen molar-refractivity contribution in [2.75, 3.05) is 6.61 Å². The van der Waals surface area contributed by atoms with Crippen molar-refractivity contribution in [1.82, 2.24) is 0 Å². The van der Waals surface area contributed by atoms with Crippen LogP contribution in [0.5, 0.6) is 5.75 Å². The van der Waals surface area contributed by atoms with Crippen LogP contribution in [-0.4, -0.2) is 18.6 Å². The van der Waals surface area contributed by atoms with E-state index in [4.69, 9.17) is 4.74 Å². The summed E-state index contributed by atoms with van der Waals surface area (Å²) in [6.45, 7) is 6.24. The zero-order valence-electron chi connectivity index (χ0n) is 11.2. The van der Waals surface area contributed by atoms with Crippen LogP contribution in [0.3, 0.4) is 0 Å². The number of alkyl halides is 3. The normalized spacial score (nSPS) is 11.7. The van der Waals surface area contributed by atoms with Gasteiger partial charge in [-0.25, -0.2) is 0 Å². The first-order valence-corrected chi connectivity index (χ1v) is 6.06. The van der Waals surface area contributed by atoms with Gasteiger partial charge in [0.2, 0.25) is 0 Å². The van der Waals surface area contributed by atoms with Crippen LogP contribution in [0.25, 0.3) is 0 Å². The van der Waals surface area contributed by atoms with Crippen LogP contribution in [-0.2, 0) is 0 Å². The van der Waals surface area contributed by atoms with E-state index in [0.29, 0.717) is 23.8 Å². The van der Waals surface area contributed by atoms with Crippen molar-refractivity contribution in [2.24, 2.45) is 5.92 Å². The van der Waals surface area contributed by atoms with Gasteiger partial charge in [0.25, 0.3) is 5.78 Å². The van der Waals surface area contributed by atoms with Gasteiger partial charge in [0, 0.05) is 5.56 Å². The molecular formula is C14H17F3O2. The Morgan fingerprint density at radius 3 is 2.42 bits per heavy atom. The second-order valence-corrected chi connectivity index (χ2v) is 4.84. The van der Waals surface area contributed by atoms with E-state index in [1.807, 2.05) is 0 Å². The Morgan fingerprint density at radius 1 is 1.32 bits per heavy atom. The molecule has 1 aromatic carbocycles. The molecule has 0 radical (unpaired) electrons. The van der Waals surface area contributed by atoms with Gasteiger partial charge >= 0.3 is 6.18 Å². The minimum absolute atomic E-state index is 0.360. The molecule has 0 amide bonds. The maximum absolute atomic E-state index is 12.3. The summed E-state index contributed by atoms with van der Waals surface area (Å²) in [5.41, 5.74) is 0.167. The molecule has 0 aliphatic rings. The number of aryl methyl sites for hydroxylation is 1. The lowest BCUT2D eigenvalue weighted by Gasteiger charge is -2.12. The molecule has 0 fully saturated rings. The highest BCUT2D eigenvalue weighted by Crippen LogP contribution is 2.25. The quantitative estimate of drug-likeness (QED) is 0.753. The Kier molecular flexibility index (Phi) is 4.97. The van der Waals surface area contributed by atoms with E-state index < -0.39 is 12.0 Å². The number of hydrogen-bond donors (Lipinski definition) is 0.